The monoisotopic (exact) mass is 345 g/mol. The van der Waals surface area contributed by atoms with E-state index in [2.05, 4.69) is 15.9 Å². The zero-order valence-electron chi connectivity index (χ0n) is 14.6. The molecule has 2 fully saturated rings. The number of fused-ring (bicyclic) bond motifs is 1. The SMILES string of the molecule is O=C(CN1CCCN([C@H]2COC[C@@H]2O)CC1)N1CCc2ccccc21. The van der Waals surface area contributed by atoms with Crippen LogP contribution in [0.15, 0.2) is 24.3 Å². The molecule has 2 saturated heterocycles. The van der Waals surface area contributed by atoms with Gasteiger partial charge in [0.05, 0.1) is 31.9 Å². The van der Waals surface area contributed by atoms with Crippen LogP contribution < -0.4 is 4.90 Å². The third-order valence-corrected chi connectivity index (χ3v) is 5.66. The van der Waals surface area contributed by atoms with Gasteiger partial charge in [0.25, 0.3) is 0 Å². The van der Waals surface area contributed by atoms with Crippen molar-refractivity contribution in [3.8, 4) is 0 Å². The summed E-state index contributed by atoms with van der Waals surface area (Å²) in [5, 5.41) is 10.0. The predicted octanol–water partition coefficient (Wildman–Crippen LogP) is 0.343. The number of para-hydroxylation sites is 1. The normalized spacial score (nSPS) is 28.1. The molecule has 1 aromatic rings. The van der Waals surface area contributed by atoms with Gasteiger partial charge in [-0.15, -0.1) is 0 Å². The first-order valence-electron chi connectivity index (χ1n) is 9.33. The van der Waals surface area contributed by atoms with Crippen molar-refractivity contribution in [3.05, 3.63) is 29.8 Å². The van der Waals surface area contributed by atoms with Gasteiger partial charge < -0.3 is 14.7 Å². The van der Waals surface area contributed by atoms with Gasteiger partial charge in [-0.2, -0.15) is 0 Å². The smallest absolute Gasteiger partial charge is 0.241 e. The lowest BCUT2D eigenvalue weighted by atomic mass is 10.2. The van der Waals surface area contributed by atoms with Crippen molar-refractivity contribution in [3.63, 3.8) is 0 Å². The van der Waals surface area contributed by atoms with Crippen LogP contribution in [0.1, 0.15) is 12.0 Å². The van der Waals surface area contributed by atoms with E-state index in [1.165, 1.54) is 5.56 Å². The molecule has 25 heavy (non-hydrogen) atoms. The fraction of sp³-hybridized carbons (Fsp3) is 0.632. The van der Waals surface area contributed by atoms with Gasteiger partial charge in [0.1, 0.15) is 0 Å². The number of hydrogen-bond acceptors (Lipinski definition) is 5. The Bertz CT molecular complexity index is 624. The zero-order valence-corrected chi connectivity index (χ0v) is 14.6. The number of aliphatic hydroxyl groups is 1. The molecule has 3 aliphatic heterocycles. The average Bonchev–Trinajstić information content (AvgIpc) is 3.17. The highest BCUT2D eigenvalue weighted by atomic mass is 16.5. The van der Waals surface area contributed by atoms with E-state index in [0.29, 0.717) is 19.8 Å². The maximum absolute atomic E-state index is 12.8. The third kappa shape index (κ3) is 3.58. The number of amides is 1. The minimum atomic E-state index is -0.380. The first-order valence-corrected chi connectivity index (χ1v) is 9.33. The van der Waals surface area contributed by atoms with E-state index in [1.807, 2.05) is 23.1 Å². The lowest BCUT2D eigenvalue weighted by Gasteiger charge is -2.28. The maximum atomic E-state index is 12.8. The largest absolute Gasteiger partial charge is 0.389 e. The van der Waals surface area contributed by atoms with Crippen molar-refractivity contribution >= 4 is 11.6 Å². The second-order valence-corrected chi connectivity index (χ2v) is 7.26. The van der Waals surface area contributed by atoms with Crippen molar-refractivity contribution in [2.75, 3.05) is 57.4 Å². The number of carbonyl (C=O) groups is 1. The summed E-state index contributed by atoms with van der Waals surface area (Å²) < 4.78 is 5.39. The summed E-state index contributed by atoms with van der Waals surface area (Å²) in [6.45, 7) is 5.97. The lowest BCUT2D eigenvalue weighted by molar-refractivity contribution is -0.119. The van der Waals surface area contributed by atoms with Gasteiger partial charge in [-0.05, 0) is 37.6 Å². The summed E-state index contributed by atoms with van der Waals surface area (Å²) in [5.41, 5.74) is 2.35. The predicted molar refractivity (Wildman–Crippen MR) is 95.7 cm³/mol. The van der Waals surface area contributed by atoms with Crippen LogP contribution in [0.4, 0.5) is 5.69 Å². The van der Waals surface area contributed by atoms with Gasteiger partial charge in [-0.25, -0.2) is 0 Å². The van der Waals surface area contributed by atoms with Crippen LogP contribution in [0.3, 0.4) is 0 Å². The third-order valence-electron chi connectivity index (χ3n) is 5.66. The van der Waals surface area contributed by atoms with Crippen LogP contribution in [-0.4, -0.2) is 85.4 Å². The molecule has 0 spiro atoms. The van der Waals surface area contributed by atoms with E-state index in [-0.39, 0.29) is 18.1 Å². The van der Waals surface area contributed by atoms with E-state index < -0.39 is 0 Å². The highest BCUT2D eigenvalue weighted by molar-refractivity contribution is 5.96. The summed E-state index contributed by atoms with van der Waals surface area (Å²) in [5.74, 6) is 0.197. The molecule has 3 aliphatic rings. The molecule has 4 rings (SSSR count). The van der Waals surface area contributed by atoms with Crippen LogP contribution in [0.2, 0.25) is 0 Å². The van der Waals surface area contributed by atoms with Gasteiger partial charge in [0, 0.05) is 25.3 Å². The highest BCUT2D eigenvalue weighted by Gasteiger charge is 2.33. The molecule has 6 nitrogen and oxygen atoms in total. The number of carbonyl (C=O) groups excluding carboxylic acids is 1. The average molecular weight is 345 g/mol. The molecular weight excluding hydrogens is 318 g/mol. The maximum Gasteiger partial charge on any atom is 0.241 e. The van der Waals surface area contributed by atoms with Crippen molar-refractivity contribution in [2.24, 2.45) is 0 Å². The molecule has 3 heterocycles. The molecule has 1 aromatic carbocycles. The van der Waals surface area contributed by atoms with E-state index >= 15 is 0 Å². The van der Waals surface area contributed by atoms with E-state index in [4.69, 9.17) is 4.74 Å². The minimum Gasteiger partial charge on any atom is -0.389 e. The van der Waals surface area contributed by atoms with Crippen LogP contribution in [-0.2, 0) is 16.0 Å². The Balaban J connectivity index is 1.33. The van der Waals surface area contributed by atoms with Crippen LogP contribution >= 0.6 is 0 Å². The number of ether oxygens (including phenoxy) is 1. The second-order valence-electron chi connectivity index (χ2n) is 7.26. The fourth-order valence-electron chi connectivity index (χ4n) is 4.24. The number of rotatable bonds is 3. The molecule has 2 atom stereocenters. The number of nitrogens with zero attached hydrogens (tertiary/aromatic N) is 3. The molecule has 1 amide bonds. The number of benzene rings is 1. The first kappa shape index (κ1) is 17.0. The Hall–Kier alpha value is -1.47. The summed E-state index contributed by atoms with van der Waals surface area (Å²) in [7, 11) is 0. The molecule has 6 heteroatoms. The Morgan fingerprint density at radius 1 is 1.12 bits per heavy atom. The molecule has 0 aromatic heterocycles. The highest BCUT2D eigenvalue weighted by Crippen LogP contribution is 2.27. The van der Waals surface area contributed by atoms with Crippen molar-refractivity contribution in [1.29, 1.82) is 0 Å². The quantitative estimate of drug-likeness (QED) is 0.856. The van der Waals surface area contributed by atoms with Gasteiger partial charge in [0.2, 0.25) is 5.91 Å². The second kappa shape index (κ2) is 7.41. The van der Waals surface area contributed by atoms with Gasteiger partial charge >= 0.3 is 0 Å². The van der Waals surface area contributed by atoms with E-state index in [1.54, 1.807) is 0 Å². The summed E-state index contributed by atoms with van der Waals surface area (Å²) in [6, 6.07) is 8.31. The summed E-state index contributed by atoms with van der Waals surface area (Å²) in [4.78, 5) is 19.3. The van der Waals surface area contributed by atoms with E-state index in [9.17, 15) is 9.90 Å². The Kier molecular flexibility index (Phi) is 5.03. The molecule has 0 bridgehead atoms. The molecule has 0 radical (unpaired) electrons. The van der Waals surface area contributed by atoms with Crippen LogP contribution in [0.25, 0.3) is 0 Å². The van der Waals surface area contributed by atoms with Gasteiger partial charge in [-0.1, -0.05) is 18.2 Å². The fourth-order valence-corrected chi connectivity index (χ4v) is 4.24. The first-order chi connectivity index (χ1) is 12.2. The van der Waals surface area contributed by atoms with Crippen molar-refractivity contribution < 1.29 is 14.6 Å². The number of anilines is 1. The molecule has 0 saturated carbocycles. The topological polar surface area (TPSA) is 56.3 Å². The Morgan fingerprint density at radius 3 is 2.84 bits per heavy atom. The standard InChI is InChI=1S/C19H27N3O3/c23-18-14-25-13-17(18)21-8-3-7-20(10-11-21)12-19(24)22-9-6-15-4-1-2-5-16(15)22/h1-2,4-5,17-18,23H,3,6-14H2/t17-,18-/m0/s1. The Labute approximate surface area is 149 Å². The van der Waals surface area contributed by atoms with Crippen molar-refractivity contribution in [2.45, 2.75) is 25.0 Å². The lowest BCUT2D eigenvalue weighted by Crippen LogP contribution is -2.45. The Morgan fingerprint density at radius 2 is 2.00 bits per heavy atom. The molecule has 136 valence electrons. The van der Waals surface area contributed by atoms with Gasteiger partial charge in [0.15, 0.2) is 0 Å². The molecule has 0 aliphatic carbocycles. The molecular formula is C19H27N3O3. The molecule has 1 N–H and O–H groups in total. The van der Waals surface area contributed by atoms with Crippen LogP contribution in [0, 0.1) is 0 Å². The minimum absolute atomic E-state index is 0.112. The molecule has 0 unspecified atom stereocenters. The summed E-state index contributed by atoms with van der Waals surface area (Å²) >= 11 is 0. The van der Waals surface area contributed by atoms with Crippen LogP contribution in [0.5, 0.6) is 0 Å². The number of aliphatic hydroxyl groups excluding tert-OH is 1. The van der Waals surface area contributed by atoms with Gasteiger partial charge in [-0.3, -0.25) is 14.6 Å². The van der Waals surface area contributed by atoms with E-state index in [0.717, 1.165) is 51.3 Å². The zero-order chi connectivity index (χ0) is 17.2. The van der Waals surface area contributed by atoms with Crippen molar-refractivity contribution in [1.82, 2.24) is 9.80 Å². The summed E-state index contributed by atoms with van der Waals surface area (Å²) in [6.07, 6.45) is 1.59. The number of hydrogen-bond donors (Lipinski definition) is 1.